The number of nitrogens with one attached hydrogen (secondary N) is 4. The molecule has 2 fully saturated rings. The van der Waals surface area contributed by atoms with E-state index in [2.05, 4.69) is 27.6 Å². The van der Waals surface area contributed by atoms with Crippen molar-refractivity contribution in [2.75, 3.05) is 23.8 Å². The highest BCUT2D eigenvalue weighted by Crippen LogP contribution is 2.32. The zero-order chi connectivity index (χ0) is 22.5. The molecule has 2 saturated heterocycles. The Kier molecular flexibility index (Phi) is 4.81. The molecule has 3 amide bonds. The largest absolute Gasteiger partial charge is 0.493 e. The first kappa shape index (κ1) is 20.2. The first-order valence-electron chi connectivity index (χ1n) is 11.4. The van der Waals surface area contributed by atoms with Crippen LogP contribution in [0.3, 0.4) is 0 Å². The topological polar surface area (TPSA) is 112 Å². The Balaban J connectivity index is 1.16. The van der Waals surface area contributed by atoms with E-state index in [1.807, 2.05) is 12.1 Å². The summed E-state index contributed by atoms with van der Waals surface area (Å²) in [6, 6.07) is 10.4. The number of anilines is 2. The van der Waals surface area contributed by atoms with E-state index in [-0.39, 0.29) is 23.8 Å². The molecule has 0 spiro atoms. The van der Waals surface area contributed by atoms with Crippen LogP contribution in [0.1, 0.15) is 46.8 Å². The van der Waals surface area contributed by atoms with Crippen molar-refractivity contribution < 1.29 is 19.1 Å². The number of carbonyl (C=O) groups excluding carboxylic acids is 3. The molecule has 9 nitrogen and oxygen atoms in total. The van der Waals surface area contributed by atoms with Gasteiger partial charge in [-0.25, -0.2) is 10.9 Å². The van der Waals surface area contributed by atoms with Crippen molar-refractivity contribution in [2.45, 2.75) is 43.8 Å². The molecule has 0 bridgehead atoms. The van der Waals surface area contributed by atoms with E-state index in [1.165, 1.54) is 5.56 Å². The van der Waals surface area contributed by atoms with Crippen LogP contribution in [0, 0.1) is 0 Å². The van der Waals surface area contributed by atoms with Crippen molar-refractivity contribution >= 4 is 29.1 Å². The molecular weight excluding hydrogens is 422 g/mol. The first-order chi connectivity index (χ1) is 16.1. The number of ether oxygens (including phenoxy) is 1. The highest BCUT2D eigenvalue weighted by atomic mass is 16.5. The molecule has 4 heterocycles. The van der Waals surface area contributed by atoms with Crippen molar-refractivity contribution in [3.63, 3.8) is 0 Å². The number of carbonyl (C=O) groups is 3. The Morgan fingerprint density at radius 2 is 2.03 bits per heavy atom. The lowest BCUT2D eigenvalue weighted by Gasteiger charge is -2.20. The van der Waals surface area contributed by atoms with Gasteiger partial charge in [-0.15, -0.1) is 0 Å². The summed E-state index contributed by atoms with van der Waals surface area (Å²) in [4.78, 5) is 40.0. The number of hydrogen-bond donors (Lipinski definition) is 4. The van der Waals surface area contributed by atoms with Gasteiger partial charge in [0.25, 0.3) is 5.91 Å². The van der Waals surface area contributed by atoms with Crippen molar-refractivity contribution in [2.24, 2.45) is 0 Å². The molecule has 4 aliphatic heterocycles. The minimum atomic E-state index is -0.420. The van der Waals surface area contributed by atoms with Gasteiger partial charge in [0.2, 0.25) is 11.8 Å². The van der Waals surface area contributed by atoms with Crippen molar-refractivity contribution in [3.05, 3.63) is 53.1 Å². The summed E-state index contributed by atoms with van der Waals surface area (Å²) in [7, 11) is 0. The monoisotopic (exact) mass is 447 g/mol. The Morgan fingerprint density at radius 1 is 1.12 bits per heavy atom. The zero-order valence-electron chi connectivity index (χ0n) is 18.0. The number of rotatable bonds is 3. The maximum absolute atomic E-state index is 13.0. The van der Waals surface area contributed by atoms with Gasteiger partial charge in [0.05, 0.1) is 17.9 Å². The van der Waals surface area contributed by atoms with Gasteiger partial charge in [-0.3, -0.25) is 14.4 Å². The minimum Gasteiger partial charge on any atom is -0.493 e. The highest BCUT2D eigenvalue weighted by Gasteiger charge is 2.38. The van der Waals surface area contributed by atoms with Crippen LogP contribution < -0.4 is 26.2 Å². The van der Waals surface area contributed by atoms with Gasteiger partial charge in [0.15, 0.2) is 0 Å². The van der Waals surface area contributed by atoms with Gasteiger partial charge in [0, 0.05) is 24.7 Å². The average molecular weight is 447 g/mol. The highest BCUT2D eigenvalue weighted by molar-refractivity contribution is 6.11. The van der Waals surface area contributed by atoms with Crippen LogP contribution in [-0.2, 0) is 16.0 Å². The summed E-state index contributed by atoms with van der Waals surface area (Å²) >= 11 is 0. The standard InChI is InChI=1S/C24H25N5O4/c30-22(19-12-18(27-28-19)13-3-6-21-14(10-13)7-9-33-21)25-15-4-5-17-16(11-15)24(32)29-8-1-2-20(29)23(31)26-17/h3-6,10-11,18-20,27-28H,1-2,7-9,12H2,(H,25,30)(H,26,31). The molecule has 6 rings (SSSR count). The van der Waals surface area contributed by atoms with Gasteiger partial charge in [0.1, 0.15) is 17.8 Å². The second kappa shape index (κ2) is 7.86. The van der Waals surface area contributed by atoms with Crippen molar-refractivity contribution in [1.29, 1.82) is 0 Å². The van der Waals surface area contributed by atoms with E-state index in [0.717, 1.165) is 24.2 Å². The molecule has 33 heavy (non-hydrogen) atoms. The number of hydrazine groups is 1. The van der Waals surface area contributed by atoms with Gasteiger partial charge in [-0.05, 0) is 54.7 Å². The minimum absolute atomic E-state index is 0.0163. The second-order valence-corrected chi connectivity index (χ2v) is 8.99. The number of hydrogen-bond acceptors (Lipinski definition) is 6. The van der Waals surface area contributed by atoms with Crippen LogP contribution in [-0.4, -0.2) is 47.9 Å². The van der Waals surface area contributed by atoms with Crippen LogP contribution >= 0.6 is 0 Å². The molecule has 4 aliphatic rings. The Hall–Kier alpha value is -3.43. The number of amides is 3. The summed E-state index contributed by atoms with van der Waals surface area (Å²) in [5.41, 5.74) is 10.0. The van der Waals surface area contributed by atoms with Crippen LogP contribution in [0.5, 0.6) is 5.75 Å². The molecule has 2 aromatic rings. The van der Waals surface area contributed by atoms with Gasteiger partial charge >= 0.3 is 0 Å². The summed E-state index contributed by atoms with van der Waals surface area (Å²) in [5.74, 6) is 0.428. The normalized spacial score (nSPS) is 25.6. The summed E-state index contributed by atoms with van der Waals surface area (Å²) in [6.45, 7) is 1.28. The van der Waals surface area contributed by atoms with Gasteiger partial charge in [-0.2, -0.15) is 0 Å². The van der Waals surface area contributed by atoms with Gasteiger partial charge in [-0.1, -0.05) is 12.1 Å². The van der Waals surface area contributed by atoms with Crippen LogP contribution in [0.15, 0.2) is 36.4 Å². The van der Waals surface area contributed by atoms with Crippen LogP contribution in [0.25, 0.3) is 0 Å². The molecular formula is C24H25N5O4. The summed E-state index contributed by atoms with van der Waals surface area (Å²) in [5, 5.41) is 5.77. The second-order valence-electron chi connectivity index (χ2n) is 8.99. The van der Waals surface area contributed by atoms with E-state index in [1.54, 1.807) is 23.1 Å². The Bertz CT molecular complexity index is 1170. The molecule has 4 N–H and O–H groups in total. The van der Waals surface area contributed by atoms with Crippen LogP contribution in [0.2, 0.25) is 0 Å². The number of fused-ring (bicyclic) bond motifs is 3. The summed E-state index contributed by atoms with van der Waals surface area (Å²) < 4.78 is 5.58. The molecule has 0 aromatic heterocycles. The van der Waals surface area contributed by atoms with E-state index in [9.17, 15) is 14.4 Å². The molecule has 0 radical (unpaired) electrons. The lowest BCUT2D eigenvalue weighted by atomic mass is 9.99. The number of benzene rings is 2. The van der Waals surface area contributed by atoms with E-state index >= 15 is 0 Å². The number of nitrogens with zero attached hydrogens (tertiary/aromatic N) is 1. The van der Waals surface area contributed by atoms with E-state index in [0.29, 0.717) is 42.9 Å². The molecule has 0 aliphatic carbocycles. The molecule has 3 atom stereocenters. The quantitative estimate of drug-likeness (QED) is 0.570. The SMILES string of the molecule is O=C(Nc1ccc2c(c1)C(=O)N1CCCC1C(=O)N2)C1CC(c2ccc3c(c2)CCO3)NN1. The average Bonchev–Trinajstić information content (AvgIpc) is 3.58. The fourth-order valence-electron chi connectivity index (χ4n) is 5.16. The smallest absolute Gasteiger partial charge is 0.256 e. The third kappa shape index (κ3) is 3.53. The maximum Gasteiger partial charge on any atom is 0.256 e. The third-order valence-corrected chi connectivity index (χ3v) is 6.93. The van der Waals surface area contributed by atoms with E-state index in [4.69, 9.17) is 4.74 Å². The predicted octanol–water partition coefficient (Wildman–Crippen LogP) is 1.72. The van der Waals surface area contributed by atoms with E-state index < -0.39 is 12.1 Å². The molecule has 9 heteroatoms. The molecule has 2 aromatic carbocycles. The maximum atomic E-state index is 13.0. The lowest BCUT2D eigenvalue weighted by molar-refractivity contribution is -0.119. The first-order valence-corrected chi connectivity index (χ1v) is 11.4. The zero-order valence-corrected chi connectivity index (χ0v) is 18.0. The van der Waals surface area contributed by atoms with Crippen molar-refractivity contribution in [1.82, 2.24) is 15.8 Å². The molecule has 0 saturated carbocycles. The fourth-order valence-corrected chi connectivity index (χ4v) is 5.16. The molecule has 170 valence electrons. The van der Waals surface area contributed by atoms with Crippen LogP contribution in [0.4, 0.5) is 11.4 Å². The Labute approximate surface area is 190 Å². The predicted molar refractivity (Wildman–Crippen MR) is 121 cm³/mol. The molecule has 3 unspecified atom stereocenters. The fraction of sp³-hybridized carbons (Fsp3) is 0.375. The third-order valence-electron chi connectivity index (χ3n) is 6.93. The van der Waals surface area contributed by atoms with Gasteiger partial charge < -0.3 is 20.3 Å². The Morgan fingerprint density at radius 3 is 2.94 bits per heavy atom. The van der Waals surface area contributed by atoms with Crippen molar-refractivity contribution in [3.8, 4) is 5.75 Å². The summed E-state index contributed by atoms with van der Waals surface area (Å²) in [6.07, 6.45) is 2.99. The lowest BCUT2D eigenvalue weighted by Crippen LogP contribution is -2.40.